The van der Waals surface area contributed by atoms with E-state index < -0.39 is 0 Å². The molecule has 0 aliphatic carbocycles. The summed E-state index contributed by atoms with van der Waals surface area (Å²) in [4.78, 5) is 21.4. The number of hydrogen-bond acceptors (Lipinski definition) is 4. The van der Waals surface area contributed by atoms with E-state index in [4.69, 9.17) is 4.42 Å². The monoisotopic (exact) mass is 175 g/mol. The van der Waals surface area contributed by atoms with Gasteiger partial charge >= 0.3 is 0 Å². The quantitative estimate of drug-likeness (QED) is 0.624. The highest BCUT2D eigenvalue weighted by atomic mass is 16.4. The van der Waals surface area contributed by atoms with Crippen molar-refractivity contribution in [2.24, 2.45) is 5.18 Å². The van der Waals surface area contributed by atoms with Gasteiger partial charge in [-0.25, -0.2) is 0 Å². The second-order valence-electron chi connectivity index (χ2n) is 2.54. The molecule has 0 unspecified atom stereocenters. The van der Waals surface area contributed by atoms with Crippen LogP contribution in [0.15, 0.2) is 44.7 Å². The second kappa shape index (κ2) is 2.82. The van der Waals surface area contributed by atoms with E-state index in [-0.39, 0.29) is 11.3 Å². The molecule has 2 rings (SSSR count). The molecule has 0 N–H and O–H groups in total. The van der Waals surface area contributed by atoms with Crippen molar-refractivity contribution in [1.29, 1.82) is 0 Å². The highest BCUT2D eigenvalue weighted by molar-refractivity contribution is 5.76. The summed E-state index contributed by atoms with van der Waals surface area (Å²) in [6.07, 6.45) is 0. The van der Waals surface area contributed by atoms with Gasteiger partial charge in [-0.15, -0.1) is 4.91 Å². The molecule has 0 saturated carbocycles. The van der Waals surface area contributed by atoms with E-state index in [0.717, 1.165) is 6.07 Å². The fourth-order valence-electron chi connectivity index (χ4n) is 1.14. The molecule has 1 aromatic heterocycles. The van der Waals surface area contributed by atoms with E-state index in [1.807, 2.05) is 0 Å². The Hall–Kier alpha value is -1.97. The number of fused-ring (bicyclic) bond motifs is 1. The molecule has 0 atom stereocenters. The molecule has 0 fully saturated rings. The Kier molecular flexibility index (Phi) is 1.66. The van der Waals surface area contributed by atoms with Crippen LogP contribution in [0.1, 0.15) is 0 Å². The average molecular weight is 175 g/mol. The Labute approximate surface area is 72.8 Å². The SMILES string of the molecule is O=Nc1cc(=O)c2ccccc2o1. The average Bonchev–Trinajstić information content (AvgIpc) is 2.18. The smallest absolute Gasteiger partial charge is 0.264 e. The van der Waals surface area contributed by atoms with Gasteiger partial charge in [0.1, 0.15) is 5.58 Å². The van der Waals surface area contributed by atoms with Crippen LogP contribution >= 0.6 is 0 Å². The van der Waals surface area contributed by atoms with Crippen molar-refractivity contribution >= 4 is 16.9 Å². The lowest BCUT2D eigenvalue weighted by molar-refractivity contribution is 0.612. The molecule has 0 amide bonds. The molecule has 4 heteroatoms. The lowest BCUT2D eigenvalue weighted by atomic mass is 10.2. The Balaban J connectivity index is 2.92. The lowest BCUT2D eigenvalue weighted by Gasteiger charge is -1.94. The normalized spacial score (nSPS) is 10.2. The van der Waals surface area contributed by atoms with Crippen LogP contribution in [0.25, 0.3) is 11.0 Å². The van der Waals surface area contributed by atoms with E-state index in [1.54, 1.807) is 24.3 Å². The molecule has 4 nitrogen and oxygen atoms in total. The van der Waals surface area contributed by atoms with Crippen molar-refractivity contribution in [1.82, 2.24) is 0 Å². The Morgan fingerprint density at radius 3 is 2.77 bits per heavy atom. The predicted molar refractivity (Wildman–Crippen MR) is 47.9 cm³/mol. The number of nitroso groups, excluding NO2 is 1. The second-order valence-corrected chi connectivity index (χ2v) is 2.54. The molecule has 0 radical (unpaired) electrons. The number of nitrogens with zero attached hydrogens (tertiary/aromatic N) is 1. The van der Waals surface area contributed by atoms with Crippen LogP contribution in [-0.2, 0) is 0 Å². The molecular formula is C9H5NO3. The zero-order valence-electron chi connectivity index (χ0n) is 6.56. The maximum atomic E-state index is 11.3. The van der Waals surface area contributed by atoms with E-state index in [9.17, 15) is 9.70 Å². The van der Waals surface area contributed by atoms with Crippen LogP contribution in [0.2, 0.25) is 0 Å². The minimum atomic E-state index is -0.253. The topological polar surface area (TPSA) is 59.6 Å². The number of para-hydroxylation sites is 1. The lowest BCUT2D eigenvalue weighted by Crippen LogP contribution is -1.97. The maximum absolute atomic E-state index is 11.3. The van der Waals surface area contributed by atoms with Crippen LogP contribution < -0.4 is 5.43 Å². The summed E-state index contributed by atoms with van der Waals surface area (Å²) >= 11 is 0. The van der Waals surface area contributed by atoms with Crippen LogP contribution in [0.3, 0.4) is 0 Å². The number of hydrogen-bond donors (Lipinski definition) is 0. The van der Waals surface area contributed by atoms with Gasteiger partial charge in [-0.2, -0.15) is 0 Å². The predicted octanol–water partition coefficient (Wildman–Crippen LogP) is 2.19. The third-order valence-electron chi connectivity index (χ3n) is 1.71. The largest absolute Gasteiger partial charge is 0.435 e. The summed E-state index contributed by atoms with van der Waals surface area (Å²) in [5.74, 6) is -0.191. The standard InChI is InChI=1S/C9H5NO3/c11-7-5-9(10-12)13-8-4-2-1-3-6(7)8/h1-5H. The van der Waals surface area contributed by atoms with Crippen LogP contribution in [-0.4, -0.2) is 0 Å². The minimum absolute atomic E-state index is 0.191. The first kappa shape index (κ1) is 7.67. The van der Waals surface area contributed by atoms with E-state index in [2.05, 4.69) is 5.18 Å². The van der Waals surface area contributed by atoms with Crippen molar-refractivity contribution in [2.45, 2.75) is 0 Å². The van der Waals surface area contributed by atoms with Crippen molar-refractivity contribution in [3.05, 3.63) is 45.5 Å². The molecule has 64 valence electrons. The van der Waals surface area contributed by atoms with Crippen molar-refractivity contribution < 1.29 is 4.42 Å². The number of rotatable bonds is 1. The molecule has 0 aliphatic heterocycles. The zero-order chi connectivity index (χ0) is 9.26. The molecule has 13 heavy (non-hydrogen) atoms. The van der Waals surface area contributed by atoms with Gasteiger partial charge in [-0.05, 0) is 12.1 Å². The van der Waals surface area contributed by atoms with Gasteiger partial charge in [-0.1, -0.05) is 12.1 Å². The van der Waals surface area contributed by atoms with Gasteiger partial charge in [0, 0.05) is 5.18 Å². The highest BCUT2D eigenvalue weighted by Crippen LogP contribution is 2.16. The van der Waals surface area contributed by atoms with Gasteiger partial charge in [0.05, 0.1) is 11.5 Å². The van der Waals surface area contributed by atoms with Crippen molar-refractivity contribution in [3.8, 4) is 0 Å². The third-order valence-corrected chi connectivity index (χ3v) is 1.71. The molecule has 2 aromatic rings. The third kappa shape index (κ3) is 1.22. The van der Waals surface area contributed by atoms with Crippen LogP contribution in [0.4, 0.5) is 5.88 Å². The van der Waals surface area contributed by atoms with E-state index in [0.29, 0.717) is 11.0 Å². The fraction of sp³-hybridized carbons (Fsp3) is 0. The fourth-order valence-corrected chi connectivity index (χ4v) is 1.14. The van der Waals surface area contributed by atoms with Gasteiger partial charge in [0.15, 0.2) is 5.43 Å². The van der Waals surface area contributed by atoms with Gasteiger partial charge in [-0.3, -0.25) is 4.79 Å². The van der Waals surface area contributed by atoms with Crippen LogP contribution in [0, 0.1) is 4.91 Å². The van der Waals surface area contributed by atoms with Crippen molar-refractivity contribution in [2.75, 3.05) is 0 Å². The first-order valence-electron chi connectivity index (χ1n) is 3.67. The summed E-state index contributed by atoms with van der Waals surface area (Å²) in [5, 5.41) is 3.02. The first-order valence-corrected chi connectivity index (χ1v) is 3.67. The molecule has 0 bridgehead atoms. The molecule has 0 saturated heterocycles. The van der Waals surface area contributed by atoms with Crippen molar-refractivity contribution in [3.63, 3.8) is 0 Å². The summed E-state index contributed by atoms with van der Waals surface area (Å²) in [5.41, 5.74) is 0.126. The van der Waals surface area contributed by atoms with Gasteiger partial charge in [0.25, 0.3) is 5.88 Å². The number of benzene rings is 1. The molecule has 0 spiro atoms. The van der Waals surface area contributed by atoms with Crippen LogP contribution in [0.5, 0.6) is 0 Å². The summed E-state index contributed by atoms with van der Waals surface area (Å²) in [7, 11) is 0. The Bertz CT molecular complexity index is 515. The Morgan fingerprint density at radius 2 is 2.00 bits per heavy atom. The maximum Gasteiger partial charge on any atom is 0.264 e. The van der Waals surface area contributed by atoms with E-state index in [1.165, 1.54) is 0 Å². The first-order chi connectivity index (χ1) is 6.31. The molecular weight excluding hydrogens is 170 g/mol. The molecule has 1 aromatic carbocycles. The van der Waals surface area contributed by atoms with E-state index >= 15 is 0 Å². The summed E-state index contributed by atoms with van der Waals surface area (Å²) in [6.45, 7) is 0. The Morgan fingerprint density at radius 1 is 1.23 bits per heavy atom. The highest BCUT2D eigenvalue weighted by Gasteiger charge is 2.02. The molecule has 1 heterocycles. The zero-order valence-corrected chi connectivity index (χ0v) is 6.56. The summed E-state index contributed by atoms with van der Waals surface area (Å²) in [6, 6.07) is 7.78. The van der Waals surface area contributed by atoms with Gasteiger partial charge < -0.3 is 4.42 Å². The summed E-state index contributed by atoms with van der Waals surface area (Å²) < 4.78 is 5.01. The minimum Gasteiger partial charge on any atom is -0.435 e. The van der Waals surface area contributed by atoms with Gasteiger partial charge in [0.2, 0.25) is 0 Å². The molecule has 0 aliphatic rings.